The minimum atomic E-state index is -3.00. The van der Waals surface area contributed by atoms with Crippen molar-refractivity contribution in [2.75, 3.05) is 0 Å². The third-order valence-electron chi connectivity index (χ3n) is 2.13. The van der Waals surface area contributed by atoms with Crippen LogP contribution in [0, 0.1) is 11.6 Å². The van der Waals surface area contributed by atoms with Gasteiger partial charge in [0.05, 0.1) is 6.42 Å². The number of carbonyl (C=O) groups is 2. The van der Waals surface area contributed by atoms with Gasteiger partial charge < -0.3 is 15.3 Å². The predicted octanol–water partition coefficient (Wildman–Crippen LogP) is 0.712. The van der Waals surface area contributed by atoms with Crippen LogP contribution < -0.4 is 0 Å². The lowest BCUT2D eigenvalue weighted by atomic mass is 9.90. The molecule has 0 saturated carbocycles. The van der Waals surface area contributed by atoms with Crippen molar-refractivity contribution in [3.8, 4) is 0 Å². The van der Waals surface area contributed by atoms with Crippen LogP contribution in [0.4, 0.5) is 8.78 Å². The Morgan fingerprint density at radius 2 is 1.82 bits per heavy atom. The Hall–Kier alpha value is -2.02. The Labute approximate surface area is 93.9 Å². The van der Waals surface area contributed by atoms with Crippen molar-refractivity contribution in [3.63, 3.8) is 0 Å². The van der Waals surface area contributed by atoms with Crippen LogP contribution in [-0.2, 0) is 15.2 Å². The number of rotatable bonds is 4. The molecule has 0 heterocycles. The molecule has 1 rings (SSSR count). The van der Waals surface area contributed by atoms with Crippen molar-refractivity contribution < 1.29 is 33.7 Å². The Morgan fingerprint density at radius 1 is 1.24 bits per heavy atom. The number of hydrogen-bond donors (Lipinski definition) is 3. The molecule has 3 N–H and O–H groups in total. The van der Waals surface area contributed by atoms with Crippen LogP contribution in [0.5, 0.6) is 0 Å². The van der Waals surface area contributed by atoms with E-state index in [0.29, 0.717) is 12.1 Å². The molecule has 0 spiro atoms. The summed E-state index contributed by atoms with van der Waals surface area (Å²) in [5.74, 6) is -5.80. The molecule has 0 aliphatic rings. The fraction of sp³-hybridized carbons (Fsp3) is 0.200. The fourth-order valence-corrected chi connectivity index (χ4v) is 1.32. The van der Waals surface area contributed by atoms with Crippen LogP contribution in [0.25, 0.3) is 0 Å². The predicted molar refractivity (Wildman–Crippen MR) is 50.1 cm³/mol. The molecule has 0 radical (unpaired) electrons. The van der Waals surface area contributed by atoms with Crippen molar-refractivity contribution in [1.82, 2.24) is 0 Å². The van der Waals surface area contributed by atoms with Crippen molar-refractivity contribution >= 4 is 11.9 Å². The molecular formula is C10H8F2O5. The monoisotopic (exact) mass is 246 g/mol. The topological polar surface area (TPSA) is 94.8 Å². The van der Waals surface area contributed by atoms with Gasteiger partial charge in [0.15, 0.2) is 0 Å². The van der Waals surface area contributed by atoms with Gasteiger partial charge in [-0.25, -0.2) is 13.6 Å². The summed E-state index contributed by atoms with van der Waals surface area (Å²) in [4.78, 5) is 21.3. The van der Waals surface area contributed by atoms with Gasteiger partial charge in [-0.05, 0) is 18.2 Å². The van der Waals surface area contributed by atoms with Crippen LogP contribution in [0.3, 0.4) is 0 Å². The molecule has 1 aromatic carbocycles. The van der Waals surface area contributed by atoms with E-state index < -0.39 is 41.2 Å². The molecule has 0 aliphatic heterocycles. The summed E-state index contributed by atoms with van der Waals surface area (Å²) >= 11 is 0. The minimum Gasteiger partial charge on any atom is -0.481 e. The van der Waals surface area contributed by atoms with Gasteiger partial charge in [0.2, 0.25) is 5.60 Å². The molecule has 0 saturated heterocycles. The number of carboxylic acid groups (broad SMARTS) is 2. The first-order valence-corrected chi connectivity index (χ1v) is 4.40. The van der Waals surface area contributed by atoms with Gasteiger partial charge in [-0.3, -0.25) is 4.79 Å². The largest absolute Gasteiger partial charge is 0.481 e. The molecule has 1 atom stereocenters. The summed E-state index contributed by atoms with van der Waals surface area (Å²) in [6.07, 6.45) is -1.28. The summed E-state index contributed by atoms with van der Waals surface area (Å²) in [5, 5.41) is 26.9. The maximum atomic E-state index is 13.3. The van der Waals surface area contributed by atoms with Gasteiger partial charge in [-0.1, -0.05) is 0 Å². The number of aliphatic carboxylic acids is 2. The van der Waals surface area contributed by atoms with Crippen molar-refractivity contribution in [3.05, 3.63) is 35.4 Å². The number of aliphatic hydroxyl groups is 1. The highest BCUT2D eigenvalue weighted by molar-refractivity contribution is 5.85. The smallest absolute Gasteiger partial charge is 0.341 e. The molecule has 0 fully saturated rings. The first kappa shape index (κ1) is 13.0. The van der Waals surface area contributed by atoms with Gasteiger partial charge in [0.1, 0.15) is 11.6 Å². The molecule has 0 aromatic heterocycles. The van der Waals surface area contributed by atoms with Crippen LogP contribution in [-0.4, -0.2) is 27.3 Å². The average molecular weight is 246 g/mol. The van der Waals surface area contributed by atoms with Crippen LogP contribution in [0.15, 0.2) is 18.2 Å². The van der Waals surface area contributed by atoms with E-state index in [1.165, 1.54) is 0 Å². The Balaban J connectivity index is 3.36. The molecule has 5 nitrogen and oxygen atoms in total. The van der Waals surface area contributed by atoms with Crippen molar-refractivity contribution in [2.24, 2.45) is 0 Å². The van der Waals surface area contributed by atoms with Crippen LogP contribution in [0.1, 0.15) is 12.0 Å². The highest BCUT2D eigenvalue weighted by atomic mass is 19.1. The lowest BCUT2D eigenvalue weighted by Gasteiger charge is -2.22. The second kappa shape index (κ2) is 4.46. The third-order valence-corrected chi connectivity index (χ3v) is 2.13. The number of carboxylic acids is 2. The highest BCUT2D eigenvalue weighted by Crippen LogP contribution is 2.28. The van der Waals surface area contributed by atoms with E-state index in [9.17, 15) is 23.5 Å². The minimum absolute atomic E-state index is 0.451. The van der Waals surface area contributed by atoms with Gasteiger partial charge in [0, 0.05) is 5.56 Å². The summed E-state index contributed by atoms with van der Waals surface area (Å²) in [6, 6.07) is 1.79. The summed E-state index contributed by atoms with van der Waals surface area (Å²) in [7, 11) is 0. The maximum Gasteiger partial charge on any atom is 0.341 e. The van der Waals surface area contributed by atoms with E-state index >= 15 is 0 Å². The second-order valence-corrected chi connectivity index (χ2v) is 3.36. The quantitative estimate of drug-likeness (QED) is 0.727. The van der Waals surface area contributed by atoms with Crippen LogP contribution >= 0.6 is 0 Å². The standard InChI is InChI=1S/C10H8F2O5/c11-5-1-2-7(12)6(3-5)10(17,9(15)16)4-8(13)14/h1-3,17H,4H2,(H,13,14)(H,15,16)/t10-/m1/s1. The first-order valence-electron chi connectivity index (χ1n) is 4.40. The van der Waals surface area contributed by atoms with E-state index in [1.807, 2.05) is 0 Å². The normalized spacial score (nSPS) is 14.1. The first-order chi connectivity index (χ1) is 7.77. The Kier molecular flexibility index (Phi) is 3.42. The zero-order valence-electron chi connectivity index (χ0n) is 8.35. The molecule has 0 amide bonds. The number of halogens is 2. The Morgan fingerprint density at radius 3 is 2.29 bits per heavy atom. The molecule has 7 heteroatoms. The zero-order valence-corrected chi connectivity index (χ0v) is 8.35. The van der Waals surface area contributed by atoms with Gasteiger partial charge in [0.25, 0.3) is 0 Å². The molecule has 17 heavy (non-hydrogen) atoms. The van der Waals surface area contributed by atoms with Crippen LogP contribution in [0.2, 0.25) is 0 Å². The molecular weight excluding hydrogens is 238 g/mol. The lowest BCUT2D eigenvalue weighted by molar-refractivity contribution is -0.167. The summed E-state index contributed by atoms with van der Waals surface area (Å²) in [6.45, 7) is 0. The molecule has 0 unspecified atom stereocenters. The third kappa shape index (κ3) is 2.56. The molecule has 0 bridgehead atoms. The van der Waals surface area contributed by atoms with Crippen molar-refractivity contribution in [1.29, 1.82) is 0 Å². The highest BCUT2D eigenvalue weighted by Gasteiger charge is 2.42. The zero-order chi connectivity index (χ0) is 13.2. The van der Waals surface area contributed by atoms with E-state index in [-0.39, 0.29) is 0 Å². The SMILES string of the molecule is O=C(O)C[C@](O)(C(=O)O)c1cc(F)ccc1F. The summed E-state index contributed by atoms with van der Waals surface area (Å²) < 4.78 is 26.2. The van der Waals surface area contributed by atoms with Gasteiger partial charge in [-0.2, -0.15) is 0 Å². The van der Waals surface area contributed by atoms with E-state index in [2.05, 4.69) is 0 Å². The van der Waals surface area contributed by atoms with Gasteiger partial charge >= 0.3 is 11.9 Å². The fourth-order valence-electron chi connectivity index (χ4n) is 1.32. The number of hydrogen-bond acceptors (Lipinski definition) is 3. The molecule has 1 aromatic rings. The van der Waals surface area contributed by atoms with E-state index in [0.717, 1.165) is 6.07 Å². The van der Waals surface area contributed by atoms with E-state index in [1.54, 1.807) is 0 Å². The maximum absolute atomic E-state index is 13.3. The summed E-state index contributed by atoms with van der Waals surface area (Å²) in [5.41, 5.74) is -3.93. The molecule has 0 aliphatic carbocycles. The lowest BCUT2D eigenvalue weighted by Crippen LogP contribution is -2.38. The second-order valence-electron chi connectivity index (χ2n) is 3.36. The Bertz CT molecular complexity index is 474. The molecule has 92 valence electrons. The average Bonchev–Trinajstić information content (AvgIpc) is 2.20. The van der Waals surface area contributed by atoms with Gasteiger partial charge in [-0.15, -0.1) is 0 Å². The van der Waals surface area contributed by atoms with Crippen molar-refractivity contribution in [2.45, 2.75) is 12.0 Å². The van der Waals surface area contributed by atoms with E-state index in [4.69, 9.17) is 10.2 Å². The number of benzene rings is 1.